The molecule has 1 rings (SSSR count). The third-order valence-electron chi connectivity index (χ3n) is 1.90. The van der Waals surface area contributed by atoms with Crippen molar-refractivity contribution >= 4 is 65.0 Å². The van der Waals surface area contributed by atoms with Gasteiger partial charge in [-0.05, 0) is 12.5 Å². The van der Waals surface area contributed by atoms with E-state index in [1.165, 1.54) is 12.1 Å². The van der Waals surface area contributed by atoms with Crippen molar-refractivity contribution in [1.82, 2.24) is 0 Å². The maximum absolute atomic E-state index is 11.4. The topological polar surface area (TPSA) is 80.7 Å². The van der Waals surface area contributed by atoms with Gasteiger partial charge in [-0.1, -0.05) is 30.3 Å². The van der Waals surface area contributed by atoms with E-state index in [-0.39, 0.29) is 61.1 Å². The molecule has 0 aromatic heterocycles. The van der Waals surface area contributed by atoms with Gasteiger partial charge >= 0.3 is 5.97 Å². The molecule has 1 aromatic carbocycles. The van der Waals surface area contributed by atoms with Gasteiger partial charge in [-0.3, -0.25) is 9.35 Å². The zero-order chi connectivity index (χ0) is 12.2. The van der Waals surface area contributed by atoms with E-state index in [2.05, 4.69) is 4.74 Å². The molecule has 0 saturated carbocycles. The smallest absolute Gasteiger partial charge is 0.331 e. The number of carbonyl (C=O) groups excluding carboxylic acids is 1. The molecule has 0 aliphatic heterocycles. The van der Waals surface area contributed by atoms with Gasteiger partial charge in [0.15, 0.2) is 0 Å². The molecule has 0 aliphatic rings. The second-order valence-electron chi connectivity index (χ2n) is 3.06. The van der Waals surface area contributed by atoms with Crippen molar-refractivity contribution in [3.8, 4) is 0 Å². The third-order valence-corrected chi connectivity index (χ3v) is 2.96. The van der Waals surface area contributed by atoms with Gasteiger partial charge in [-0.25, -0.2) is 0 Å². The molecule has 1 atom stereocenters. The molecule has 0 saturated heterocycles. The van der Waals surface area contributed by atoms with Gasteiger partial charge in [-0.15, -0.1) is 0 Å². The SMILES string of the molecule is CCOC(=O)C(c1ccccc1)S(=O)(=O)O.[Ba]. The molecule has 1 N–H and O–H groups in total. The van der Waals surface area contributed by atoms with Gasteiger partial charge in [0.2, 0.25) is 5.25 Å². The fourth-order valence-electron chi connectivity index (χ4n) is 1.28. The van der Waals surface area contributed by atoms with Crippen LogP contribution in [0.15, 0.2) is 30.3 Å². The first-order valence-corrected chi connectivity index (χ1v) is 6.15. The maximum Gasteiger partial charge on any atom is 0.331 e. The Morgan fingerprint density at radius 1 is 1.35 bits per heavy atom. The van der Waals surface area contributed by atoms with Crippen LogP contribution in [-0.4, -0.2) is 74.4 Å². The van der Waals surface area contributed by atoms with Gasteiger partial charge in [-0.2, -0.15) is 8.42 Å². The van der Waals surface area contributed by atoms with Gasteiger partial charge in [0, 0.05) is 48.9 Å². The van der Waals surface area contributed by atoms with Crippen LogP contribution < -0.4 is 0 Å². The average Bonchev–Trinajstić information content (AvgIpc) is 2.17. The van der Waals surface area contributed by atoms with Crippen LogP contribution in [-0.2, 0) is 19.6 Å². The standard InChI is InChI=1S/C10H12O5S.Ba/c1-2-15-10(11)9(16(12,13)14)8-6-4-3-5-7-8;/h3-7,9H,2H2,1H3,(H,12,13,14);. The predicted molar refractivity (Wildman–Crippen MR) is 63.1 cm³/mol. The molecule has 0 spiro atoms. The van der Waals surface area contributed by atoms with Gasteiger partial charge in [0.25, 0.3) is 10.1 Å². The van der Waals surface area contributed by atoms with Crippen LogP contribution >= 0.6 is 0 Å². The Morgan fingerprint density at radius 3 is 2.29 bits per heavy atom. The molecule has 7 heteroatoms. The molecule has 90 valence electrons. The zero-order valence-corrected chi connectivity index (χ0v) is 14.6. The summed E-state index contributed by atoms with van der Waals surface area (Å²) in [5, 5.41) is -1.67. The van der Waals surface area contributed by atoms with Crippen molar-refractivity contribution in [2.75, 3.05) is 6.61 Å². The summed E-state index contributed by atoms with van der Waals surface area (Å²) in [6.45, 7) is 1.61. The van der Waals surface area contributed by atoms with Crippen LogP contribution in [0, 0.1) is 0 Å². The molecule has 17 heavy (non-hydrogen) atoms. The zero-order valence-electron chi connectivity index (χ0n) is 9.37. The number of carbonyl (C=O) groups is 1. The number of rotatable bonds is 4. The summed E-state index contributed by atoms with van der Waals surface area (Å²) < 4.78 is 35.8. The van der Waals surface area contributed by atoms with Gasteiger partial charge in [0.1, 0.15) is 0 Å². The van der Waals surface area contributed by atoms with Crippen molar-refractivity contribution in [3.63, 3.8) is 0 Å². The van der Waals surface area contributed by atoms with Crippen molar-refractivity contribution < 1.29 is 22.5 Å². The summed E-state index contributed by atoms with van der Waals surface area (Å²) >= 11 is 0. The molecular formula is C10H12BaO5S. The fraction of sp³-hybridized carbons (Fsp3) is 0.300. The second-order valence-corrected chi connectivity index (χ2v) is 4.56. The first-order chi connectivity index (χ1) is 7.46. The fourth-order valence-corrected chi connectivity index (χ4v) is 2.09. The van der Waals surface area contributed by atoms with Crippen LogP contribution in [0.25, 0.3) is 0 Å². The molecule has 2 radical (unpaired) electrons. The monoisotopic (exact) mass is 382 g/mol. The van der Waals surface area contributed by atoms with E-state index in [9.17, 15) is 13.2 Å². The minimum absolute atomic E-state index is 0. The molecule has 0 fully saturated rings. The van der Waals surface area contributed by atoms with E-state index in [4.69, 9.17) is 4.55 Å². The van der Waals surface area contributed by atoms with Crippen molar-refractivity contribution in [2.24, 2.45) is 0 Å². The summed E-state index contributed by atoms with van der Waals surface area (Å²) in [4.78, 5) is 11.4. The Labute approximate surface area is 140 Å². The number of hydrogen-bond donors (Lipinski definition) is 1. The van der Waals surface area contributed by atoms with Crippen LogP contribution in [0.5, 0.6) is 0 Å². The summed E-state index contributed by atoms with van der Waals surface area (Å²) in [5.41, 5.74) is 0.184. The molecule has 0 aliphatic carbocycles. The van der Waals surface area contributed by atoms with E-state index in [1.54, 1.807) is 25.1 Å². The van der Waals surface area contributed by atoms with Crippen molar-refractivity contribution in [2.45, 2.75) is 12.2 Å². The Kier molecular flexibility index (Phi) is 7.65. The van der Waals surface area contributed by atoms with E-state index < -0.39 is 21.3 Å². The summed E-state index contributed by atoms with van der Waals surface area (Å²) in [7, 11) is -4.51. The van der Waals surface area contributed by atoms with E-state index in [1.807, 2.05) is 0 Å². The molecule has 1 unspecified atom stereocenters. The Bertz CT molecular complexity index is 457. The van der Waals surface area contributed by atoms with Gasteiger partial charge in [0.05, 0.1) is 6.61 Å². The number of ether oxygens (including phenoxy) is 1. The maximum atomic E-state index is 11.4. The third kappa shape index (κ3) is 5.13. The Balaban J connectivity index is 0.00000256. The van der Waals surface area contributed by atoms with Crippen LogP contribution in [0.2, 0.25) is 0 Å². The van der Waals surface area contributed by atoms with E-state index in [0.717, 1.165) is 0 Å². The molecule has 5 nitrogen and oxygen atoms in total. The van der Waals surface area contributed by atoms with E-state index >= 15 is 0 Å². The van der Waals surface area contributed by atoms with Crippen molar-refractivity contribution in [1.29, 1.82) is 0 Å². The minimum Gasteiger partial charge on any atom is -0.465 e. The van der Waals surface area contributed by atoms with E-state index in [0.29, 0.717) is 0 Å². The Hall–Kier alpha value is 0.171. The molecule has 0 bridgehead atoms. The minimum atomic E-state index is -4.51. The summed E-state index contributed by atoms with van der Waals surface area (Å²) in [6, 6.07) is 7.71. The molecule has 1 aromatic rings. The average molecular weight is 382 g/mol. The quantitative estimate of drug-likeness (QED) is 0.474. The van der Waals surface area contributed by atoms with Crippen LogP contribution in [0.4, 0.5) is 0 Å². The summed E-state index contributed by atoms with van der Waals surface area (Å²) in [6.07, 6.45) is 0. The molecule has 0 amide bonds. The van der Waals surface area contributed by atoms with Crippen LogP contribution in [0.3, 0.4) is 0 Å². The first-order valence-electron chi connectivity index (χ1n) is 4.64. The molecule has 0 heterocycles. The number of hydrogen-bond acceptors (Lipinski definition) is 4. The largest absolute Gasteiger partial charge is 0.465 e. The Morgan fingerprint density at radius 2 is 1.88 bits per heavy atom. The van der Waals surface area contributed by atoms with Crippen molar-refractivity contribution in [3.05, 3.63) is 35.9 Å². The second kappa shape index (κ2) is 7.57. The number of esters is 1. The summed E-state index contributed by atoms with van der Waals surface area (Å²) in [5.74, 6) is -0.976. The normalized spacial score (nSPS) is 12.4. The van der Waals surface area contributed by atoms with Crippen LogP contribution in [0.1, 0.15) is 17.7 Å². The van der Waals surface area contributed by atoms with Gasteiger partial charge < -0.3 is 4.74 Å². The number of benzene rings is 1. The molecular weight excluding hydrogens is 370 g/mol. The first kappa shape index (κ1) is 17.2. The predicted octanol–water partition coefficient (Wildman–Crippen LogP) is 0.798.